The normalized spacial score (nSPS) is 27.7. The molecule has 0 aliphatic carbocycles. The Morgan fingerprint density at radius 2 is 2.00 bits per heavy atom. The number of ether oxygens (including phenoxy) is 1. The van der Waals surface area contributed by atoms with Crippen molar-refractivity contribution in [2.75, 3.05) is 6.61 Å². The summed E-state index contributed by atoms with van der Waals surface area (Å²) >= 11 is -1.65. The molecule has 0 aromatic heterocycles. The third-order valence-electron chi connectivity index (χ3n) is 2.96. The lowest BCUT2D eigenvalue weighted by Gasteiger charge is -2.28. The molecule has 0 amide bonds. The maximum absolute atomic E-state index is 13.7. The minimum absolute atomic E-state index is 0.384. The van der Waals surface area contributed by atoms with Crippen molar-refractivity contribution in [3.63, 3.8) is 0 Å². The van der Waals surface area contributed by atoms with Crippen molar-refractivity contribution >= 4 is 17.6 Å². The van der Waals surface area contributed by atoms with Crippen LogP contribution in [-0.2, 0) is 16.1 Å². The van der Waals surface area contributed by atoms with Crippen molar-refractivity contribution < 1.29 is 18.1 Å². The summed E-state index contributed by atoms with van der Waals surface area (Å²) in [6, 6.07) is 0. The first-order valence-electron chi connectivity index (χ1n) is 6.57. The smallest absolute Gasteiger partial charge is 0.289 e. The first kappa shape index (κ1) is 16.9. The van der Waals surface area contributed by atoms with E-state index in [1.165, 1.54) is 0 Å². The largest absolute Gasteiger partial charge is 0.591 e. The van der Waals surface area contributed by atoms with E-state index in [4.69, 9.17) is 4.74 Å². The van der Waals surface area contributed by atoms with Gasteiger partial charge in [0.05, 0.1) is 6.10 Å². The topological polar surface area (TPSA) is 44.7 Å². The van der Waals surface area contributed by atoms with Gasteiger partial charge in [0, 0.05) is 13.0 Å². The fraction of sp³-hybridized carbons (Fsp3) is 0.923. The van der Waals surface area contributed by atoms with Crippen LogP contribution in [0.1, 0.15) is 47.0 Å². The molecule has 1 rings (SSSR count). The molecule has 0 radical (unpaired) electrons. The second-order valence-corrected chi connectivity index (χ2v) is 8.13. The number of nitrogens with zero attached hydrogens (tertiary/aromatic N) is 1. The molecule has 1 aliphatic rings. The molecule has 1 heterocycles. The molecule has 0 aromatic rings. The van der Waals surface area contributed by atoms with Gasteiger partial charge in [0.1, 0.15) is 22.3 Å². The van der Waals surface area contributed by atoms with E-state index < -0.39 is 28.1 Å². The third kappa shape index (κ3) is 6.19. The standard InChI is InChI=1S/C13H23F2NO2S/c1-10-5-6-11(18-8-10)7-13(14,15)9-16-19(17)12(2,3)4/h9-11H,5-8H2,1-4H3/b16-9+/t10-,11+,19?/m0/s1. The SMILES string of the molecule is C[C@H]1CC[C@H](CC(F)(F)/C=N/[S+]([O-])C(C)(C)C)OC1. The van der Waals surface area contributed by atoms with Crippen LogP contribution in [0.25, 0.3) is 0 Å². The molecule has 112 valence electrons. The summed E-state index contributed by atoms with van der Waals surface area (Å²) in [6.07, 6.45) is 1.26. The van der Waals surface area contributed by atoms with Crippen LogP contribution in [0.3, 0.4) is 0 Å². The molecule has 1 aliphatic heterocycles. The maximum Gasteiger partial charge on any atom is 0.289 e. The summed E-state index contributed by atoms with van der Waals surface area (Å²) < 4.78 is 47.2. The molecule has 3 nitrogen and oxygen atoms in total. The van der Waals surface area contributed by atoms with E-state index in [0.717, 1.165) is 6.42 Å². The van der Waals surface area contributed by atoms with E-state index in [0.29, 0.717) is 25.2 Å². The predicted molar refractivity (Wildman–Crippen MR) is 74.1 cm³/mol. The van der Waals surface area contributed by atoms with Crippen molar-refractivity contribution in [1.82, 2.24) is 0 Å². The Hall–Kier alpha value is -0.200. The lowest BCUT2D eigenvalue weighted by Crippen LogP contribution is -2.33. The van der Waals surface area contributed by atoms with Crippen molar-refractivity contribution in [1.29, 1.82) is 0 Å². The number of alkyl halides is 2. The molecule has 0 bridgehead atoms. The van der Waals surface area contributed by atoms with Gasteiger partial charge < -0.3 is 9.29 Å². The van der Waals surface area contributed by atoms with Gasteiger partial charge in [-0.1, -0.05) is 11.3 Å². The lowest BCUT2D eigenvalue weighted by atomic mass is 9.97. The Bertz CT molecular complexity index is 310. The number of halogens is 2. The first-order valence-corrected chi connectivity index (χ1v) is 7.67. The predicted octanol–water partition coefficient (Wildman–Crippen LogP) is 3.36. The molecule has 0 N–H and O–H groups in total. The van der Waals surface area contributed by atoms with E-state index in [9.17, 15) is 13.3 Å². The highest BCUT2D eigenvalue weighted by Gasteiger charge is 2.35. The van der Waals surface area contributed by atoms with Crippen LogP contribution in [0, 0.1) is 5.92 Å². The average molecular weight is 295 g/mol. The van der Waals surface area contributed by atoms with Crippen LogP contribution in [0.5, 0.6) is 0 Å². The lowest BCUT2D eigenvalue weighted by molar-refractivity contribution is -0.0577. The van der Waals surface area contributed by atoms with Gasteiger partial charge in [-0.05, 0) is 39.5 Å². The van der Waals surface area contributed by atoms with Crippen LogP contribution in [-0.4, -0.2) is 34.1 Å². The molecule has 1 fully saturated rings. The molecule has 0 aromatic carbocycles. The third-order valence-corrected chi connectivity index (χ3v) is 4.30. The molecule has 6 heteroatoms. The molecule has 1 unspecified atom stereocenters. The molecule has 1 saturated heterocycles. The molecular weight excluding hydrogens is 272 g/mol. The average Bonchev–Trinajstić information content (AvgIpc) is 2.27. The maximum atomic E-state index is 13.7. The molecular formula is C13H23F2NO2S. The van der Waals surface area contributed by atoms with Gasteiger partial charge in [-0.3, -0.25) is 0 Å². The zero-order valence-electron chi connectivity index (χ0n) is 12.0. The van der Waals surface area contributed by atoms with Gasteiger partial charge in [-0.25, -0.2) is 8.78 Å². The van der Waals surface area contributed by atoms with Gasteiger partial charge in [0.25, 0.3) is 5.92 Å². The van der Waals surface area contributed by atoms with E-state index in [1.807, 2.05) is 6.92 Å². The zero-order chi connectivity index (χ0) is 14.7. The number of hydrogen-bond donors (Lipinski definition) is 0. The summed E-state index contributed by atoms with van der Waals surface area (Å²) in [6.45, 7) is 7.67. The van der Waals surface area contributed by atoms with Crippen molar-refractivity contribution in [2.45, 2.75) is 63.7 Å². The summed E-state index contributed by atoms with van der Waals surface area (Å²) in [5.74, 6) is -2.63. The van der Waals surface area contributed by atoms with E-state index in [1.54, 1.807) is 20.8 Å². The van der Waals surface area contributed by atoms with Crippen LogP contribution >= 0.6 is 0 Å². The monoisotopic (exact) mass is 295 g/mol. The highest BCUT2D eigenvalue weighted by atomic mass is 32.2. The van der Waals surface area contributed by atoms with Crippen molar-refractivity contribution in [3.8, 4) is 0 Å². The quantitative estimate of drug-likeness (QED) is 0.589. The number of rotatable bonds is 4. The Labute approximate surface area is 117 Å². The molecule has 3 atom stereocenters. The van der Waals surface area contributed by atoms with Crippen LogP contribution < -0.4 is 0 Å². The summed E-state index contributed by atoms with van der Waals surface area (Å²) in [5.41, 5.74) is 0. The molecule has 0 saturated carbocycles. The van der Waals surface area contributed by atoms with Gasteiger partial charge in [-0.2, -0.15) is 0 Å². The molecule has 19 heavy (non-hydrogen) atoms. The van der Waals surface area contributed by atoms with Gasteiger partial charge >= 0.3 is 0 Å². The molecule has 0 spiro atoms. The Morgan fingerprint density at radius 1 is 1.37 bits per heavy atom. The fourth-order valence-electron chi connectivity index (χ4n) is 1.74. The highest BCUT2D eigenvalue weighted by Crippen LogP contribution is 2.28. The van der Waals surface area contributed by atoms with Crippen molar-refractivity contribution in [2.24, 2.45) is 10.3 Å². The minimum Gasteiger partial charge on any atom is -0.591 e. The number of hydrogen-bond acceptors (Lipinski definition) is 3. The van der Waals surface area contributed by atoms with Gasteiger partial charge in [0.2, 0.25) is 0 Å². The Balaban J connectivity index is 2.49. The van der Waals surface area contributed by atoms with E-state index >= 15 is 0 Å². The zero-order valence-corrected chi connectivity index (χ0v) is 12.8. The summed E-state index contributed by atoms with van der Waals surface area (Å²) in [5, 5.41) is 0. The van der Waals surface area contributed by atoms with E-state index in [-0.39, 0.29) is 6.42 Å². The highest BCUT2D eigenvalue weighted by molar-refractivity contribution is 7.91. The summed E-state index contributed by atoms with van der Waals surface area (Å²) in [4.78, 5) is 0. The van der Waals surface area contributed by atoms with E-state index in [2.05, 4.69) is 4.40 Å². The van der Waals surface area contributed by atoms with Crippen LogP contribution in [0.4, 0.5) is 8.78 Å². The van der Waals surface area contributed by atoms with Gasteiger partial charge in [0.15, 0.2) is 0 Å². The van der Waals surface area contributed by atoms with Crippen molar-refractivity contribution in [3.05, 3.63) is 0 Å². The fourth-order valence-corrected chi connectivity index (χ4v) is 2.30. The van der Waals surface area contributed by atoms with Crippen LogP contribution in [0.15, 0.2) is 4.40 Å². The second kappa shape index (κ2) is 6.50. The first-order chi connectivity index (χ1) is 8.60. The Kier molecular flexibility index (Phi) is 5.77. The minimum atomic E-state index is -3.06. The summed E-state index contributed by atoms with van der Waals surface area (Å²) in [7, 11) is 0. The van der Waals surface area contributed by atoms with Gasteiger partial charge in [-0.15, -0.1) is 0 Å². The second-order valence-electron chi connectivity index (χ2n) is 6.20. The Morgan fingerprint density at radius 3 is 2.47 bits per heavy atom. The van der Waals surface area contributed by atoms with Crippen LogP contribution in [0.2, 0.25) is 0 Å².